The van der Waals surface area contributed by atoms with Crippen molar-refractivity contribution < 1.29 is 9.59 Å². The van der Waals surface area contributed by atoms with Gasteiger partial charge in [0.2, 0.25) is 11.8 Å². The van der Waals surface area contributed by atoms with E-state index in [0.29, 0.717) is 0 Å². The van der Waals surface area contributed by atoms with E-state index in [4.69, 9.17) is 5.73 Å². The van der Waals surface area contributed by atoms with E-state index in [1.807, 2.05) is 27.7 Å². The molecule has 0 radical (unpaired) electrons. The zero-order valence-electron chi connectivity index (χ0n) is 10.7. The van der Waals surface area contributed by atoms with Crippen LogP contribution in [0.15, 0.2) is 0 Å². The Bertz CT molecular complexity index is 252. The number of rotatable bonds is 5. The Kier molecular flexibility index (Phi) is 6.03. The van der Waals surface area contributed by atoms with Crippen LogP contribution in [0.5, 0.6) is 0 Å². The van der Waals surface area contributed by atoms with Crippen LogP contribution in [0.4, 0.5) is 0 Å². The molecule has 94 valence electrons. The van der Waals surface area contributed by atoms with Crippen molar-refractivity contribution in [1.82, 2.24) is 10.6 Å². The van der Waals surface area contributed by atoms with Gasteiger partial charge in [-0.25, -0.2) is 0 Å². The van der Waals surface area contributed by atoms with E-state index < -0.39 is 12.1 Å². The van der Waals surface area contributed by atoms with Crippen LogP contribution in [0.25, 0.3) is 0 Å². The number of likely N-dealkylation sites (N-methyl/N-ethyl adjacent to an activating group) is 1. The lowest BCUT2D eigenvalue weighted by Crippen LogP contribution is -2.54. The Balaban J connectivity index is 4.53. The zero-order valence-corrected chi connectivity index (χ0v) is 10.7. The topological polar surface area (TPSA) is 84.2 Å². The van der Waals surface area contributed by atoms with Crippen molar-refractivity contribution >= 4 is 11.8 Å². The van der Waals surface area contributed by atoms with Gasteiger partial charge >= 0.3 is 0 Å². The third kappa shape index (κ3) is 4.18. The molecule has 0 spiro atoms. The molecule has 0 aromatic heterocycles. The van der Waals surface area contributed by atoms with Crippen molar-refractivity contribution in [3.05, 3.63) is 0 Å². The smallest absolute Gasteiger partial charge is 0.242 e. The van der Waals surface area contributed by atoms with Crippen LogP contribution in [-0.2, 0) is 9.59 Å². The molecule has 4 N–H and O–H groups in total. The molecule has 16 heavy (non-hydrogen) atoms. The van der Waals surface area contributed by atoms with Crippen molar-refractivity contribution in [2.75, 3.05) is 7.05 Å². The highest BCUT2D eigenvalue weighted by atomic mass is 16.2. The fraction of sp³-hybridized carbons (Fsp3) is 0.818. The molecule has 0 bridgehead atoms. The lowest BCUT2D eigenvalue weighted by atomic mass is 10.0. The maximum atomic E-state index is 11.7. The van der Waals surface area contributed by atoms with Crippen LogP contribution in [-0.4, -0.2) is 30.9 Å². The lowest BCUT2D eigenvalue weighted by molar-refractivity contribution is -0.130. The van der Waals surface area contributed by atoms with Crippen LogP contribution in [0.2, 0.25) is 0 Å². The van der Waals surface area contributed by atoms with Crippen LogP contribution in [0.3, 0.4) is 0 Å². The Hall–Kier alpha value is -1.10. The molecular weight excluding hydrogens is 206 g/mol. The second kappa shape index (κ2) is 6.48. The molecule has 0 heterocycles. The molecule has 0 saturated heterocycles. The van der Waals surface area contributed by atoms with Gasteiger partial charge < -0.3 is 16.4 Å². The van der Waals surface area contributed by atoms with E-state index in [0.717, 1.165) is 0 Å². The predicted octanol–water partition coefficient (Wildman–Crippen LogP) is -0.143. The summed E-state index contributed by atoms with van der Waals surface area (Å²) >= 11 is 0. The van der Waals surface area contributed by atoms with Crippen molar-refractivity contribution in [2.45, 2.75) is 39.8 Å². The molecule has 0 aliphatic carbocycles. The van der Waals surface area contributed by atoms with Crippen molar-refractivity contribution in [2.24, 2.45) is 17.6 Å². The van der Waals surface area contributed by atoms with Gasteiger partial charge in [0.25, 0.3) is 0 Å². The number of hydrogen-bond acceptors (Lipinski definition) is 3. The number of nitrogens with one attached hydrogen (secondary N) is 2. The second-order valence-corrected chi connectivity index (χ2v) is 4.61. The third-order valence-corrected chi connectivity index (χ3v) is 2.51. The molecule has 2 atom stereocenters. The first kappa shape index (κ1) is 14.9. The highest BCUT2D eigenvalue weighted by molar-refractivity contribution is 5.89. The van der Waals surface area contributed by atoms with E-state index in [9.17, 15) is 9.59 Å². The fourth-order valence-electron chi connectivity index (χ4n) is 1.24. The van der Waals surface area contributed by atoms with E-state index in [-0.39, 0.29) is 23.7 Å². The average molecular weight is 229 g/mol. The first-order valence-corrected chi connectivity index (χ1v) is 5.58. The van der Waals surface area contributed by atoms with Crippen LogP contribution >= 0.6 is 0 Å². The maximum Gasteiger partial charge on any atom is 0.242 e. The minimum Gasteiger partial charge on any atom is -0.357 e. The number of hydrogen-bond donors (Lipinski definition) is 3. The Morgan fingerprint density at radius 3 is 1.81 bits per heavy atom. The molecule has 5 heteroatoms. The number of amides is 2. The molecule has 0 unspecified atom stereocenters. The molecule has 0 aliphatic rings. The third-order valence-electron chi connectivity index (χ3n) is 2.51. The van der Waals surface area contributed by atoms with Gasteiger partial charge in [-0.1, -0.05) is 27.7 Å². The molecular formula is C11H23N3O2. The van der Waals surface area contributed by atoms with Crippen molar-refractivity contribution in [1.29, 1.82) is 0 Å². The summed E-state index contributed by atoms with van der Waals surface area (Å²) in [7, 11) is 1.55. The largest absolute Gasteiger partial charge is 0.357 e. The molecule has 0 fully saturated rings. The van der Waals surface area contributed by atoms with Crippen molar-refractivity contribution in [3.8, 4) is 0 Å². The average Bonchev–Trinajstić information content (AvgIpc) is 2.22. The first-order chi connectivity index (χ1) is 7.31. The Morgan fingerprint density at radius 2 is 1.50 bits per heavy atom. The highest BCUT2D eigenvalue weighted by Gasteiger charge is 2.26. The summed E-state index contributed by atoms with van der Waals surface area (Å²) < 4.78 is 0. The van der Waals surface area contributed by atoms with Gasteiger partial charge in [-0.2, -0.15) is 0 Å². The van der Waals surface area contributed by atoms with Gasteiger partial charge in [0.05, 0.1) is 6.04 Å². The second-order valence-electron chi connectivity index (χ2n) is 4.61. The monoisotopic (exact) mass is 229 g/mol. The summed E-state index contributed by atoms with van der Waals surface area (Å²) in [4.78, 5) is 23.2. The van der Waals surface area contributed by atoms with E-state index in [1.165, 1.54) is 0 Å². The summed E-state index contributed by atoms with van der Waals surface area (Å²) in [5.41, 5.74) is 5.71. The number of carbonyl (C=O) groups is 2. The highest BCUT2D eigenvalue weighted by Crippen LogP contribution is 2.04. The van der Waals surface area contributed by atoms with E-state index in [2.05, 4.69) is 10.6 Å². The number of nitrogens with two attached hydrogens (primary N) is 1. The lowest BCUT2D eigenvalue weighted by Gasteiger charge is -2.23. The minimum absolute atomic E-state index is 0.0308. The summed E-state index contributed by atoms with van der Waals surface area (Å²) in [6, 6.07) is -1.10. The quantitative estimate of drug-likeness (QED) is 0.613. The standard InChI is InChI=1S/C11H23N3O2/c1-6(2)8(12)10(15)14-9(7(3)4)11(16)13-5/h6-9H,12H2,1-5H3,(H,13,16)(H,14,15)/t8-,9-/m0/s1. The van der Waals surface area contributed by atoms with Crippen molar-refractivity contribution in [3.63, 3.8) is 0 Å². The molecule has 2 amide bonds. The minimum atomic E-state index is -0.578. The normalized spacial score (nSPS) is 14.8. The van der Waals surface area contributed by atoms with E-state index >= 15 is 0 Å². The Labute approximate surface area is 97.2 Å². The fourth-order valence-corrected chi connectivity index (χ4v) is 1.24. The Morgan fingerprint density at radius 1 is 1.00 bits per heavy atom. The molecule has 0 aliphatic heterocycles. The molecule has 0 rings (SSSR count). The SMILES string of the molecule is CNC(=O)[C@@H](NC(=O)[C@@H](N)C(C)C)C(C)C. The molecule has 0 aromatic rings. The van der Waals surface area contributed by atoms with Crippen LogP contribution in [0, 0.1) is 11.8 Å². The number of carbonyl (C=O) groups excluding carboxylic acids is 2. The van der Waals surface area contributed by atoms with Crippen LogP contribution in [0.1, 0.15) is 27.7 Å². The van der Waals surface area contributed by atoms with Gasteiger partial charge in [-0.3, -0.25) is 9.59 Å². The van der Waals surface area contributed by atoms with E-state index in [1.54, 1.807) is 7.05 Å². The summed E-state index contributed by atoms with van der Waals surface area (Å²) in [6.07, 6.45) is 0. The zero-order chi connectivity index (χ0) is 12.9. The summed E-state index contributed by atoms with van der Waals surface area (Å²) in [5.74, 6) is -0.391. The van der Waals surface area contributed by atoms with Gasteiger partial charge in [0.1, 0.15) is 6.04 Å². The van der Waals surface area contributed by atoms with Gasteiger partial charge in [0.15, 0.2) is 0 Å². The molecule has 0 aromatic carbocycles. The molecule has 0 saturated carbocycles. The van der Waals surface area contributed by atoms with Gasteiger partial charge in [-0.05, 0) is 11.8 Å². The summed E-state index contributed by atoms with van der Waals surface area (Å²) in [5, 5.41) is 5.20. The van der Waals surface area contributed by atoms with Crippen LogP contribution < -0.4 is 16.4 Å². The van der Waals surface area contributed by atoms with Gasteiger partial charge in [-0.15, -0.1) is 0 Å². The predicted molar refractivity (Wildman–Crippen MR) is 63.6 cm³/mol. The summed E-state index contributed by atoms with van der Waals surface area (Å²) in [6.45, 7) is 7.49. The first-order valence-electron chi connectivity index (χ1n) is 5.58. The van der Waals surface area contributed by atoms with Gasteiger partial charge in [0, 0.05) is 7.05 Å². The molecule has 5 nitrogen and oxygen atoms in total. The maximum absolute atomic E-state index is 11.7.